The Labute approximate surface area is 91.7 Å². The Kier molecular flexibility index (Phi) is 3.64. The highest BCUT2D eigenvalue weighted by Gasteiger charge is 2.28. The molecule has 0 radical (unpaired) electrons. The molecule has 2 saturated heterocycles. The Balaban J connectivity index is 1.70. The number of rotatable bonds is 3. The highest BCUT2D eigenvalue weighted by Crippen LogP contribution is 2.17. The monoisotopic (exact) mass is 232 g/mol. The van der Waals surface area contributed by atoms with E-state index in [1.54, 1.807) is 0 Å². The quantitative estimate of drug-likeness (QED) is 0.705. The summed E-state index contributed by atoms with van der Waals surface area (Å²) in [6.07, 6.45) is 3.28. The van der Waals surface area contributed by atoms with Crippen LogP contribution in [0.5, 0.6) is 0 Å². The van der Waals surface area contributed by atoms with Gasteiger partial charge in [0.15, 0.2) is 9.84 Å². The molecule has 0 aromatic rings. The number of hydrogen-bond acceptors (Lipinski definition) is 4. The topological polar surface area (TPSA) is 58.2 Å². The molecule has 2 unspecified atom stereocenters. The van der Waals surface area contributed by atoms with Gasteiger partial charge in [-0.25, -0.2) is 8.42 Å². The van der Waals surface area contributed by atoms with Crippen LogP contribution in [0.15, 0.2) is 0 Å². The van der Waals surface area contributed by atoms with Gasteiger partial charge in [0, 0.05) is 12.6 Å². The molecule has 5 heteroatoms. The lowest BCUT2D eigenvalue weighted by atomic mass is 10.1. The average molecular weight is 232 g/mol. The van der Waals surface area contributed by atoms with Gasteiger partial charge in [-0.15, -0.1) is 0 Å². The van der Waals surface area contributed by atoms with E-state index in [1.807, 2.05) is 0 Å². The van der Waals surface area contributed by atoms with Crippen LogP contribution in [0.2, 0.25) is 0 Å². The second-order valence-corrected chi connectivity index (χ2v) is 6.95. The predicted molar refractivity (Wildman–Crippen MR) is 60.7 cm³/mol. The predicted octanol–water partition coefficient (Wildman–Crippen LogP) is -0.237. The fraction of sp³-hybridized carbons (Fsp3) is 1.00. The summed E-state index contributed by atoms with van der Waals surface area (Å²) in [5.74, 6) is 1.12. The van der Waals surface area contributed by atoms with Crippen molar-refractivity contribution in [2.24, 2.45) is 5.92 Å². The molecule has 2 atom stereocenters. The molecule has 0 bridgehead atoms. The van der Waals surface area contributed by atoms with Crippen molar-refractivity contribution in [3.8, 4) is 0 Å². The molecule has 2 fully saturated rings. The summed E-state index contributed by atoms with van der Waals surface area (Å²) < 4.78 is 22.5. The molecule has 0 aliphatic carbocycles. The van der Waals surface area contributed by atoms with Gasteiger partial charge in [0.05, 0.1) is 11.5 Å². The van der Waals surface area contributed by atoms with Gasteiger partial charge in [0.1, 0.15) is 0 Å². The Morgan fingerprint density at radius 1 is 1.33 bits per heavy atom. The van der Waals surface area contributed by atoms with Gasteiger partial charge in [-0.3, -0.25) is 0 Å². The van der Waals surface area contributed by atoms with Crippen LogP contribution in [0.3, 0.4) is 0 Å². The SMILES string of the molecule is O=S1(=O)CCC(CNC2CCCNC2)C1. The largest absolute Gasteiger partial charge is 0.315 e. The molecular weight excluding hydrogens is 212 g/mol. The third-order valence-electron chi connectivity index (χ3n) is 3.32. The second-order valence-electron chi connectivity index (χ2n) is 4.72. The van der Waals surface area contributed by atoms with E-state index in [0.29, 0.717) is 23.5 Å². The smallest absolute Gasteiger partial charge is 0.150 e. The first kappa shape index (κ1) is 11.4. The van der Waals surface area contributed by atoms with Crippen LogP contribution in [-0.4, -0.2) is 45.6 Å². The van der Waals surface area contributed by atoms with E-state index in [1.165, 1.54) is 12.8 Å². The van der Waals surface area contributed by atoms with Crippen molar-refractivity contribution in [3.63, 3.8) is 0 Å². The van der Waals surface area contributed by atoms with Crippen LogP contribution < -0.4 is 10.6 Å². The summed E-state index contributed by atoms with van der Waals surface area (Å²) in [6.45, 7) is 3.01. The van der Waals surface area contributed by atoms with Gasteiger partial charge < -0.3 is 10.6 Å². The van der Waals surface area contributed by atoms with Gasteiger partial charge in [-0.1, -0.05) is 0 Å². The fourth-order valence-electron chi connectivity index (χ4n) is 2.39. The van der Waals surface area contributed by atoms with Crippen molar-refractivity contribution in [2.45, 2.75) is 25.3 Å². The number of nitrogens with one attached hydrogen (secondary N) is 2. The van der Waals surface area contributed by atoms with Crippen LogP contribution in [0, 0.1) is 5.92 Å². The van der Waals surface area contributed by atoms with Crippen molar-refractivity contribution in [1.29, 1.82) is 0 Å². The molecule has 0 aromatic carbocycles. The summed E-state index contributed by atoms with van der Waals surface area (Å²) in [6, 6.07) is 0.544. The summed E-state index contributed by atoms with van der Waals surface area (Å²) >= 11 is 0. The Hall–Kier alpha value is -0.130. The fourth-order valence-corrected chi connectivity index (χ4v) is 4.25. The van der Waals surface area contributed by atoms with Crippen molar-refractivity contribution in [1.82, 2.24) is 10.6 Å². The van der Waals surface area contributed by atoms with Gasteiger partial charge in [-0.05, 0) is 38.3 Å². The maximum absolute atomic E-state index is 11.3. The van der Waals surface area contributed by atoms with E-state index in [2.05, 4.69) is 10.6 Å². The molecule has 15 heavy (non-hydrogen) atoms. The first-order valence-electron chi connectivity index (χ1n) is 5.80. The molecule has 88 valence electrons. The van der Waals surface area contributed by atoms with Crippen molar-refractivity contribution in [2.75, 3.05) is 31.1 Å². The van der Waals surface area contributed by atoms with Crippen molar-refractivity contribution in [3.05, 3.63) is 0 Å². The standard InChI is InChI=1S/C10H20N2O2S/c13-15(14)5-3-9(8-15)6-12-10-2-1-4-11-7-10/h9-12H,1-8H2. The minimum atomic E-state index is -2.70. The minimum Gasteiger partial charge on any atom is -0.315 e. The Morgan fingerprint density at radius 3 is 2.80 bits per heavy atom. The number of piperidine rings is 1. The molecular formula is C10H20N2O2S. The lowest BCUT2D eigenvalue weighted by Gasteiger charge is -2.25. The zero-order valence-electron chi connectivity index (χ0n) is 9.04. The van der Waals surface area contributed by atoms with Gasteiger partial charge in [0.25, 0.3) is 0 Å². The van der Waals surface area contributed by atoms with E-state index in [-0.39, 0.29) is 0 Å². The zero-order chi connectivity index (χ0) is 10.7. The highest BCUT2D eigenvalue weighted by atomic mass is 32.2. The first-order chi connectivity index (χ1) is 7.16. The average Bonchev–Trinajstić information content (AvgIpc) is 2.57. The molecule has 2 aliphatic heterocycles. The Morgan fingerprint density at radius 2 is 2.20 bits per heavy atom. The molecule has 0 amide bonds. The van der Waals surface area contributed by atoms with Crippen LogP contribution in [0.4, 0.5) is 0 Å². The van der Waals surface area contributed by atoms with E-state index < -0.39 is 9.84 Å². The number of hydrogen-bond donors (Lipinski definition) is 2. The third-order valence-corrected chi connectivity index (χ3v) is 5.16. The molecule has 4 nitrogen and oxygen atoms in total. The van der Waals surface area contributed by atoms with Crippen LogP contribution in [0.1, 0.15) is 19.3 Å². The summed E-state index contributed by atoms with van der Waals surface area (Å²) in [4.78, 5) is 0. The number of sulfone groups is 1. The van der Waals surface area contributed by atoms with E-state index >= 15 is 0 Å². The molecule has 0 spiro atoms. The zero-order valence-corrected chi connectivity index (χ0v) is 9.85. The maximum Gasteiger partial charge on any atom is 0.150 e. The molecule has 2 rings (SSSR count). The highest BCUT2D eigenvalue weighted by molar-refractivity contribution is 7.91. The van der Waals surface area contributed by atoms with E-state index in [9.17, 15) is 8.42 Å². The first-order valence-corrected chi connectivity index (χ1v) is 7.62. The minimum absolute atomic E-state index is 0.344. The second kappa shape index (κ2) is 4.80. The third kappa shape index (κ3) is 3.43. The molecule has 0 saturated carbocycles. The van der Waals surface area contributed by atoms with Crippen LogP contribution in [0.25, 0.3) is 0 Å². The van der Waals surface area contributed by atoms with Gasteiger partial charge >= 0.3 is 0 Å². The van der Waals surface area contributed by atoms with Crippen LogP contribution in [-0.2, 0) is 9.84 Å². The molecule has 2 heterocycles. The van der Waals surface area contributed by atoms with Crippen molar-refractivity contribution < 1.29 is 8.42 Å². The van der Waals surface area contributed by atoms with Gasteiger partial charge in [0.2, 0.25) is 0 Å². The van der Waals surface area contributed by atoms with E-state index in [4.69, 9.17) is 0 Å². The van der Waals surface area contributed by atoms with E-state index in [0.717, 1.165) is 26.1 Å². The van der Waals surface area contributed by atoms with Gasteiger partial charge in [-0.2, -0.15) is 0 Å². The molecule has 2 N–H and O–H groups in total. The molecule has 0 aromatic heterocycles. The summed E-state index contributed by atoms with van der Waals surface area (Å²) in [5.41, 5.74) is 0. The maximum atomic E-state index is 11.3. The summed E-state index contributed by atoms with van der Waals surface area (Å²) in [7, 11) is -2.70. The normalized spacial score (nSPS) is 35.5. The lowest BCUT2D eigenvalue weighted by molar-refractivity contribution is 0.368. The van der Waals surface area contributed by atoms with Crippen molar-refractivity contribution >= 4 is 9.84 Å². The molecule has 2 aliphatic rings. The van der Waals surface area contributed by atoms with Crippen LogP contribution >= 0.6 is 0 Å². The summed E-state index contributed by atoms with van der Waals surface area (Å²) in [5, 5.41) is 6.82. The lowest BCUT2D eigenvalue weighted by Crippen LogP contribution is -2.44. The Bertz CT molecular complexity index is 297.